The predicted octanol–water partition coefficient (Wildman–Crippen LogP) is 4.98. The lowest BCUT2D eigenvalue weighted by Crippen LogP contribution is -2.03. The summed E-state index contributed by atoms with van der Waals surface area (Å²) in [4.78, 5) is 5.39. The molecule has 9 heteroatoms. The number of sulfone groups is 1. The van der Waals surface area contributed by atoms with Crippen molar-refractivity contribution in [2.75, 3.05) is 6.26 Å². The second-order valence-electron chi connectivity index (χ2n) is 6.48. The standard InChI is InChI=1S/C19H16F4N2O2S/c1-9-4-5-11(6-10(9)2)16-17(25-19(24-16)18(22)23)12-7-14(21)15(8-13(12)20)28(3,26)27/h4-8,18H,1-3H3,(H,24,25). The Balaban J connectivity index is 2.27. The first-order valence-electron chi connectivity index (χ1n) is 8.14. The van der Waals surface area contributed by atoms with E-state index in [9.17, 15) is 26.0 Å². The number of aryl methyl sites for hydroxylation is 2. The smallest absolute Gasteiger partial charge is 0.295 e. The molecule has 0 saturated heterocycles. The van der Waals surface area contributed by atoms with Crippen LogP contribution in [0.2, 0.25) is 0 Å². The van der Waals surface area contributed by atoms with Gasteiger partial charge in [0.1, 0.15) is 16.5 Å². The normalized spacial score (nSPS) is 12.0. The molecule has 0 aliphatic rings. The van der Waals surface area contributed by atoms with Crippen LogP contribution in [0, 0.1) is 25.5 Å². The number of hydrogen-bond donors (Lipinski definition) is 1. The van der Waals surface area contributed by atoms with Crippen molar-refractivity contribution in [3.63, 3.8) is 0 Å². The van der Waals surface area contributed by atoms with E-state index < -0.39 is 44.2 Å². The van der Waals surface area contributed by atoms with E-state index in [0.29, 0.717) is 17.7 Å². The molecular weight excluding hydrogens is 396 g/mol. The van der Waals surface area contributed by atoms with E-state index >= 15 is 0 Å². The molecule has 0 fully saturated rings. The number of benzene rings is 2. The number of hydrogen-bond acceptors (Lipinski definition) is 3. The van der Waals surface area contributed by atoms with Crippen molar-refractivity contribution in [3.05, 3.63) is 58.9 Å². The van der Waals surface area contributed by atoms with Gasteiger partial charge < -0.3 is 4.98 Å². The number of aromatic nitrogens is 2. The maximum atomic E-state index is 14.6. The second kappa shape index (κ2) is 7.05. The Morgan fingerprint density at radius 2 is 1.68 bits per heavy atom. The van der Waals surface area contributed by atoms with Gasteiger partial charge >= 0.3 is 0 Å². The maximum Gasteiger partial charge on any atom is 0.295 e. The summed E-state index contributed by atoms with van der Waals surface area (Å²) in [7, 11) is -4.00. The molecule has 0 aliphatic carbocycles. The van der Waals surface area contributed by atoms with Gasteiger partial charge in [-0.2, -0.15) is 0 Å². The summed E-state index contributed by atoms with van der Waals surface area (Å²) in [6.45, 7) is 3.70. The molecule has 0 unspecified atom stereocenters. The van der Waals surface area contributed by atoms with Gasteiger partial charge in [0.15, 0.2) is 15.7 Å². The van der Waals surface area contributed by atoms with Crippen LogP contribution in [0.3, 0.4) is 0 Å². The van der Waals surface area contributed by atoms with E-state index in [1.807, 2.05) is 13.8 Å². The third-order valence-electron chi connectivity index (χ3n) is 4.40. The molecule has 3 aromatic rings. The quantitative estimate of drug-likeness (QED) is 0.615. The van der Waals surface area contributed by atoms with Crippen LogP contribution < -0.4 is 0 Å². The second-order valence-corrected chi connectivity index (χ2v) is 8.46. The zero-order chi connectivity index (χ0) is 20.8. The van der Waals surface area contributed by atoms with Crippen LogP contribution >= 0.6 is 0 Å². The van der Waals surface area contributed by atoms with Gasteiger partial charge in [0.05, 0.1) is 11.4 Å². The zero-order valence-corrected chi connectivity index (χ0v) is 16.0. The third-order valence-corrected chi connectivity index (χ3v) is 5.51. The fraction of sp³-hybridized carbons (Fsp3) is 0.211. The highest BCUT2D eigenvalue weighted by Crippen LogP contribution is 2.36. The van der Waals surface area contributed by atoms with Gasteiger partial charge in [-0.15, -0.1) is 0 Å². The minimum absolute atomic E-state index is 0.0869. The highest BCUT2D eigenvalue weighted by molar-refractivity contribution is 7.90. The minimum atomic E-state index is -4.00. The number of rotatable bonds is 4. The van der Waals surface area contributed by atoms with Gasteiger partial charge in [-0.25, -0.2) is 31.0 Å². The maximum absolute atomic E-state index is 14.6. The molecule has 0 bridgehead atoms. The highest BCUT2D eigenvalue weighted by Gasteiger charge is 2.24. The average molecular weight is 412 g/mol. The van der Waals surface area contributed by atoms with Crippen molar-refractivity contribution >= 4 is 9.84 Å². The van der Waals surface area contributed by atoms with Crippen LogP contribution in [0.1, 0.15) is 23.4 Å². The Kier molecular flexibility index (Phi) is 5.05. The van der Waals surface area contributed by atoms with E-state index in [0.717, 1.165) is 17.4 Å². The van der Waals surface area contributed by atoms with Gasteiger partial charge in [-0.3, -0.25) is 0 Å². The molecular formula is C19H16F4N2O2S. The van der Waals surface area contributed by atoms with E-state index in [2.05, 4.69) is 9.97 Å². The Bertz CT molecular complexity index is 1170. The molecule has 0 atom stereocenters. The molecule has 4 nitrogen and oxygen atoms in total. The van der Waals surface area contributed by atoms with Crippen molar-refractivity contribution in [3.8, 4) is 22.5 Å². The van der Waals surface area contributed by atoms with E-state index in [1.165, 1.54) is 0 Å². The lowest BCUT2D eigenvalue weighted by molar-refractivity contribution is 0.141. The Hall–Kier alpha value is -2.68. The van der Waals surface area contributed by atoms with Crippen LogP contribution in [0.15, 0.2) is 35.2 Å². The predicted molar refractivity (Wildman–Crippen MR) is 96.9 cm³/mol. The summed E-state index contributed by atoms with van der Waals surface area (Å²) >= 11 is 0. The Morgan fingerprint density at radius 1 is 1.00 bits per heavy atom. The van der Waals surface area contributed by atoms with E-state index in [4.69, 9.17) is 0 Å². The van der Waals surface area contributed by atoms with Gasteiger partial charge in [-0.1, -0.05) is 12.1 Å². The number of halogens is 4. The monoisotopic (exact) mass is 412 g/mol. The van der Waals surface area contributed by atoms with Gasteiger partial charge in [0, 0.05) is 17.4 Å². The molecule has 0 saturated carbocycles. The summed E-state index contributed by atoms with van der Waals surface area (Å²) in [5.41, 5.74) is 1.74. The largest absolute Gasteiger partial charge is 0.337 e. The van der Waals surface area contributed by atoms with Crippen LogP contribution in [0.5, 0.6) is 0 Å². The molecule has 0 aliphatic heterocycles. The molecule has 0 spiro atoms. The minimum Gasteiger partial charge on any atom is -0.337 e. The van der Waals surface area contributed by atoms with Crippen molar-refractivity contribution in [2.45, 2.75) is 25.2 Å². The first-order chi connectivity index (χ1) is 13.0. The fourth-order valence-corrected chi connectivity index (χ4v) is 3.52. The molecule has 1 N–H and O–H groups in total. The number of imidazole rings is 1. The molecule has 0 radical (unpaired) electrons. The molecule has 28 heavy (non-hydrogen) atoms. The summed E-state index contributed by atoms with van der Waals surface area (Å²) < 4.78 is 78.5. The number of nitrogens with one attached hydrogen (secondary N) is 1. The first-order valence-corrected chi connectivity index (χ1v) is 10.0. The Labute approximate surface area is 159 Å². The molecule has 3 rings (SSSR count). The van der Waals surface area contributed by atoms with Gasteiger partial charge in [0.25, 0.3) is 6.43 Å². The fourth-order valence-electron chi connectivity index (χ4n) is 2.79. The van der Waals surface area contributed by atoms with Crippen LogP contribution in [0.25, 0.3) is 22.5 Å². The summed E-state index contributed by atoms with van der Waals surface area (Å²) in [5, 5.41) is 0. The number of H-pyrrole nitrogens is 1. The van der Waals surface area contributed by atoms with Crippen molar-refractivity contribution in [1.82, 2.24) is 9.97 Å². The third kappa shape index (κ3) is 3.66. The van der Waals surface area contributed by atoms with Gasteiger partial charge in [0.2, 0.25) is 0 Å². The lowest BCUT2D eigenvalue weighted by Gasteiger charge is -2.09. The van der Waals surface area contributed by atoms with Gasteiger partial charge in [-0.05, 0) is 43.2 Å². The lowest BCUT2D eigenvalue weighted by atomic mass is 10.0. The number of nitrogens with zero attached hydrogens (tertiary/aromatic N) is 1. The van der Waals surface area contributed by atoms with Crippen LogP contribution in [-0.4, -0.2) is 24.6 Å². The molecule has 0 amide bonds. The first kappa shape index (κ1) is 20.1. The van der Waals surface area contributed by atoms with Crippen molar-refractivity contribution in [2.24, 2.45) is 0 Å². The topological polar surface area (TPSA) is 62.8 Å². The number of alkyl halides is 2. The molecule has 2 aromatic carbocycles. The van der Waals surface area contributed by atoms with Crippen LogP contribution in [-0.2, 0) is 9.84 Å². The van der Waals surface area contributed by atoms with Crippen molar-refractivity contribution in [1.29, 1.82) is 0 Å². The number of aromatic amines is 1. The summed E-state index contributed by atoms with van der Waals surface area (Å²) in [6, 6.07) is 6.30. The average Bonchev–Trinajstić information content (AvgIpc) is 3.03. The molecule has 148 valence electrons. The molecule has 1 heterocycles. The SMILES string of the molecule is Cc1ccc(-c2[nH]c(C(F)F)nc2-c2cc(F)c(S(C)(=O)=O)cc2F)cc1C. The summed E-state index contributed by atoms with van der Waals surface area (Å²) in [6.07, 6.45) is -2.21. The highest BCUT2D eigenvalue weighted by atomic mass is 32.2. The van der Waals surface area contributed by atoms with E-state index in [1.54, 1.807) is 18.2 Å². The van der Waals surface area contributed by atoms with Crippen LogP contribution in [0.4, 0.5) is 17.6 Å². The Morgan fingerprint density at radius 3 is 2.25 bits per heavy atom. The summed E-state index contributed by atoms with van der Waals surface area (Å²) in [5.74, 6) is -2.97. The van der Waals surface area contributed by atoms with E-state index in [-0.39, 0.29) is 11.4 Å². The zero-order valence-electron chi connectivity index (χ0n) is 15.1. The molecule has 1 aromatic heterocycles. The van der Waals surface area contributed by atoms with Crippen molar-refractivity contribution < 1.29 is 26.0 Å².